The van der Waals surface area contributed by atoms with Gasteiger partial charge in [0.2, 0.25) is 0 Å². The van der Waals surface area contributed by atoms with Crippen LogP contribution in [0.15, 0.2) is 0 Å². The van der Waals surface area contributed by atoms with Crippen LogP contribution >= 0.6 is 15.2 Å². The predicted octanol–water partition coefficient (Wildman–Crippen LogP) is 0.633. The molecule has 7 heteroatoms. The summed E-state index contributed by atoms with van der Waals surface area (Å²) in [5.41, 5.74) is 0. The summed E-state index contributed by atoms with van der Waals surface area (Å²) in [6.07, 6.45) is 0. The molecule has 0 aromatic heterocycles. The van der Waals surface area contributed by atoms with Gasteiger partial charge in [0.25, 0.3) is 0 Å². The Morgan fingerprint density at radius 3 is 1.33 bits per heavy atom. The summed E-state index contributed by atoms with van der Waals surface area (Å²) in [4.78, 5) is 16.7. The van der Waals surface area contributed by atoms with E-state index in [4.69, 9.17) is 9.79 Å². The molecule has 0 saturated heterocycles. The first kappa shape index (κ1) is 9.34. The quantitative estimate of drug-likeness (QED) is 0.600. The molecule has 0 fully saturated rings. The highest BCUT2D eigenvalue weighted by molar-refractivity contribution is 7.65. The fourth-order valence-corrected chi connectivity index (χ4v) is 2.53. The van der Waals surface area contributed by atoms with Crippen molar-refractivity contribution in [3.05, 3.63) is 0 Å². The van der Waals surface area contributed by atoms with Crippen molar-refractivity contribution < 1.29 is 23.2 Å². The first-order valence-electron chi connectivity index (χ1n) is 2.02. The van der Waals surface area contributed by atoms with Crippen LogP contribution in [0.3, 0.4) is 0 Å². The highest BCUT2D eigenvalue weighted by atomic mass is 31.3. The van der Waals surface area contributed by atoms with Crippen LogP contribution < -0.4 is 0 Å². The van der Waals surface area contributed by atoms with Crippen molar-refractivity contribution in [3.63, 3.8) is 0 Å². The topological polar surface area (TPSA) is 83.8 Å². The second-order valence-corrected chi connectivity index (χ2v) is 5.55. The summed E-state index contributed by atoms with van der Waals surface area (Å²) >= 11 is 0. The predicted molar refractivity (Wildman–Crippen MR) is 32.6 cm³/mol. The Labute approximate surface area is 52.7 Å². The maximum Gasteiger partial charge on any atom is 0.332 e. The summed E-state index contributed by atoms with van der Waals surface area (Å²) in [6.45, 7) is 1.69. The monoisotopic (exact) mass is 174 g/mol. The molecule has 0 spiro atoms. The van der Waals surface area contributed by atoms with E-state index in [1.807, 2.05) is 0 Å². The molecule has 2 atom stereocenters. The van der Waals surface area contributed by atoms with Crippen LogP contribution in [-0.4, -0.2) is 23.1 Å². The van der Waals surface area contributed by atoms with Gasteiger partial charge in [-0.05, 0) is 0 Å². The van der Waals surface area contributed by atoms with Crippen LogP contribution in [0, 0.1) is 0 Å². The number of hydrogen-bond acceptors (Lipinski definition) is 3. The summed E-state index contributed by atoms with van der Waals surface area (Å²) in [6, 6.07) is 0. The van der Waals surface area contributed by atoms with Gasteiger partial charge >= 0.3 is 15.2 Å². The smallest absolute Gasteiger partial charge is 0.324 e. The molecule has 0 aromatic rings. The molecule has 0 saturated carbocycles. The van der Waals surface area contributed by atoms with E-state index in [0.29, 0.717) is 0 Å². The molecule has 0 rings (SSSR count). The molecular weight excluding hydrogens is 166 g/mol. The van der Waals surface area contributed by atoms with Gasteiger partial charge in [-0.25, -0.2) is 4.31 Å². The Hall–Kier alpha value is 0.340. The Morgan fingerprint density at radius 1 is 1.11 bits per heavy atom. The summed E-state index contributed by atoms with van der Waals surface area (Å²) in [7, 11) is -7.60. The van der Waals surface area contributed by atoms with Crippen LogP contribution in [0.1, 0.15) is 0 Å². The molecule has 0 aliphatic rings. The van der Waals surface area contributed by atoms with Crippen molar-refractivity contribution in [2.24, 2.45) is 0 Å². The van der Waals surface area contributed by atoms with Crippen LogP contribution in [0.5, 0.6) is 0 Å². The highest BCUT2D eigenvalue weighted by Gasteiger charge is 2.21. The lowest BCUT2D eigenvalue weighted by Crippen LogP contribution is -1.83. The van der Waals surface area contributed by atoms with Gasteiger partial charge in [-0.3, -0.25) is 9.13 Å². The molecule has 56 valence electrons. The lowest BCUT2D eigenvalue weighted by atomic mass is 12.0. The molecule has 5 nitrogen and oxygen atoms in total. The maximum atomic E-state index is 10.2. The van der Waals surface area contributed by atoms with E-state index in [1.165, 1.54) is 0 Å². The molecule has 0 amide bonds. The van der Waals surface area contributed by atoms with E-state index in [9.17, 15) is 9.13 Å². The minimum absolute atomic E-state index is 0.847. The van der Waals surface area contributed by atoms with Crippen molar-refractivity contribution in [2.45, 2.75) is 0 Å². The molecule has 2 N–H and O–H groups in total. The fraction of sp³-hybridized carbons (Fsp3) is 1.00. The summed E-state index contributed by atoms with van der Waals surface area (Å²) < 4.78 is 24.3. The Morgan fingerprint density at radius 2 is 1.33 bits per heavy atom. The van der Waals surface area contributed by atoms with Gasteiger partial charge in [0, 0.05) is 13.3 Å². The molecule has 0 aromatic carbocycles. The Kier molecular flexibility index (Phi) is 2.62. The maximum absolute atomic E-state index is 10.2. The van der Waals surface area contributed by atoms with Gasteiger partial charge in [-0.1, -0.05) is 0 Å². The van der Waals surface area contributed by atoms with Crippen LogP contribution in [0.25, 0.3) is 0 Å². The van der Waals surface area contributed by atoms with E-state index in [0.717, 1.165) is 13.3 Å². The summed E-state index contributed by atoms with van der Waals surface area (Å²) in [5.74, 6) is 0. The average Bonchev–Trinajstić information content (AvgIpc) is 1.14. The molecule has 9 heavy (non-hydrogen) atoms. The molecule has 0 radical (unpaired) electrons. The van der Waals surface area contributed by atoms with Crippen LogP contribution in [0.2, 0.25) is 0 Å². The fourth-order valence-electron chi connectivity index (χ4n) is 0.281. The molecule has 0 aliphatic carbocycles. The van der Waals surface area contributed by atoms with Crippen LogP contribution in [-0.2, 0) is 13.4 Å². The largest absolute Gasteiger partial charge is 0.332 e. The summed E-state index contributed by atoms with van der Waals surface area (Å²) in [5, 5.41) is 0. The standard InChI is InChI=1S/C2H8O5P2/c1-8(3,4)7-9(2,5)6/h1-2H3,(H,3,4)(H,5,6). The Balaban J connectivity index is 4.07. The number of hydrogen-bond donors (Lipinski definition) is 2. The third-order valence-corrected chi connectivity index (χ3v) is 2.73. The highest BCUT2D eigenvalue weighted by Crippen LogP contribution is 2.54. The molecule has 0 heterocycles. The first-order valence-corrected chi connectivity index (χ1v) is 6.07. The van der Waals surface area contributed by atoms with Gasteiger partial charge < -0.3 is 9.79 Å². The molecule has 0 aliphatic heterocycles. The van der Waals surface area contributed by atoms with Crippen molar-refractivity contribution in [1.82, 2.24) is 0 Å². The third-order valence-electron chi connectivity index (χ3n) is 0.303. The van der Waals surface area contributed by atoms with Gasteiger partial charge in [0.15, 0.2) is 0 Å². The van der Waals surface area contributed by atoms with E-state index in [2.05, 4.69) is 4.31 Å². The Bertz CT molecular complexity index is 153. The second kappa shape index (κ2) is 2.52. The molecule has 0 bridgehead atoms. The van der Waals surface area contributed by atoms with Gasteiger partial charge in [-0.2, -0.15) is 0 Å². The van der Waals surface area contributed by atoms with E-state index in [1.54, 1.807) is 0 Å². The van der Waals surface area contributed by atoms with Crippen LogP contribution in [0.4, 0.5) is 0 Å². The molecule has 2 unspecified atom stereocenters. The third kappa shape index (κ3) is 8.34. The molecular formula is C2H8O5P2. The SMILES string of the molecule is CP(=O)(O)OP(C)(=O)O. The average molecular weight is 174 g/mol. The zero-order valence-corrected chi connectivity index (χ0v) is 6.80. The number of rotatable bonds is 2. The lowest BCUT2D eigenvalue weighted by Gasteiger charge is -2.07. The first-order chi connectivity index (χ1) is 3.71. The zero-order chi connectivity index (χ0) is 7.71. The van der Waals surface area contributed by atoms with Gasteiger partial charge in [0.1, 0.15) is 0 Å². The van der Waals surface area contributed by atoms with Crippen molar-refractivity contribution in [3.8, 4) is 0 Å². The minimum atomic E-state index is -3.80. The van der Waals surface area contributed by atoms with Gasteiger partial charge in [0.05, 0.1) is 0 Å². The zero-order valence-electron chi connectivity index (χ0n) is 5.01. The van der Waals surface area contributed by atoms with E-state index in [-0.39, 0.29) is 0 Å². The van der Waals surface area contributed by atoms with E-state index < -0.39 is 15.2 Å². The minimum Gasteiger partial charge on any atom is -0.324 e. The second-order valence-electron chi connectivity index (χ2n) is 1.69. The normalized spacial score (nSPS) is 24.4. The lowest BCUT2D eigenvalue weighted by molar-refractivity contribution is 0.341. The van der Waals surface area contributed by atoms with Crippen molar-refractivity contribution in [1.29, 1.82) is 0 Å². The van der Waals surface area contributed by atoms with Gasteiger partial charge in [-0.15, -0.1) is 0 Å². The van der Waals surface area contributed by atoms with E-state index >= 15 is 0 Å². The van der Waals surface area contributed by atoms with Crippen molar-refractivity contribution >= 4 is 15.2 Å². The van der Waals surface area contributed by atoms with Crippen molar-refractivity contribution in [2.75, 3.05) is 13.3 Å².